The molecule has 0 saturated heterocycles. The van der Waals surface area contributed by atoms with Crippen LogP contribution >= 0.6 is 23.3 Å². The lowest BCUT2D eigenvalue weighted by atomic mass is 10.2. The Morgan fingerprint density at radius 1 is 0.625 bits per heavy atom. The Morgan fingerprint density at radius 2 is 0.833 bits per heavy atom. The van der Waals surface area contributed by atoms with Crippen molar-refractivity contribution in [3.05, 3.63) is 59.7 Å². The van der Waals surface area contributed by atoms with Gasteiger partial charge in [0, 0.05) is 0 Å². The van der Waals surface area contributed by atoms with Crippen molar-refractivity contribution in [2.75, 3.05) is 0 Å². The van der Waals surface area contributed by atoms with Crippen LogP contribution in [0.4, 0.5) is 0 Å². The standard InChI is InChI=1S/2C7H8O3S.H2S2/c2*1-6-2-4-7(5-3-6)11(8,9)10;1-2/h2*2-5H,1H3,(H,8,9,10);1-2H. The van der Waals surface area contributed by atoms with E-state index in [4.69, 9.17) is 9.11 Å². The van der Waals surface area contributed by atoms with E-state index in [0.717, 1.165) is 11.1 Å². The molecule has 0 radical (unpaired) electrons. The highest BCUT2D eigenvalue weighted by Crippen LogP contribution is 2.09. The van der Waals surface area contributed by atoms with Crippen LogP contribution in [0.1, 0.15) is 11.1 Å². The molecule has 0 unspecified atom stereocenters. The first-order valence-electron chi connectivity index (χ1n) is 6.28. The van der Waals surface area contributed by atoms with E-state index in [2.05, 4.69) is 23.3 Å². The summed E-state index contributed by atoms with van der Waals surface area (Å²) in [7, 11) is -8.04. The van der Waals surface area contributed by atoms with E-state index >= 15 is 0 Å². The van der Waals surface area contributed by atoms with Gasteiger partial charge in [-0.25, -0.2) is 0 Å². The second-order valence-electron chi connectivity index (χ2n) is 4.58. The van der Waals surface area contributed by atoms with E-state index in [9.17, 15) is 16.8 Å². The molecule has 24 heavy (non-hydrogen) atoms. The van der Waals surface area contributed by atoms with Gasteiger partial charge in [-0.1, -0.05) is 35.4 Å². The third-order valence-electron chi connectivity index (χ3n) is 2.64. The minimum absolute atomic E-state index is 0.0666. The molecule has 0 fully saturated rings. The maximum atomic E-state index is 10.5. The summed E-state index contributed by atoms with van der Waals surface area (Å²) in [6.07, 6.45) is 0. The maximum Gasteiger partial charge on any atom is 0.294 e. The van der Waals surface area contributed by atoms with Gasteiger partial charge in [-0.15, -0.1) is 23.3 Å². The first-order valence-corrected chi connectivity index (χ1v) is 10.8. The predicted octanol–water partition coefficient (Wildman–Crippen LogP) is 3.24. The molecule has 10 heteroatoms. The van der Waals surface area contributed by atoms with Crippen LogP contribution in [-0.4, -0.2) is 25.9 Å². The van der Waals surface area contributed by atoms with Crippen molar-refractivity contribution in [1.82, 2.24) is 0 Å². The van der Waals surface area contributed by atoms with Crippen molar-refractivity contribution < 1.29 is 25.9 Å². The first kappa shape index (κ1) is 23.0. The third kappa shape index (κ3) is 8.71. The summed E-state index contributed by atoms with van der Waals surface area (Å²) < 4.78 is 59.1. The molecule has 6 nitrogen and oxygen atoms in total. The summed E-state index contributed by atoms with van der Waals surface area (Å²) in [6.45, 7) is 3.68. The van der Waals surface area contributed by atoms with Crippen molar-refractivity contribution in [2.45, 2.75) is 23.6 Å². The van der Waals surface area contributed by atoms with Gasteiger partial charge in [0.15, 0.2) is 0 Å². The van der Waals surface area contributed by atoms with Crippen LogP contribution in [0.25, 0.3) is 0 Å². The molecular formula is C14H18O6S4. The first-order chi connectivity index (χ1) is 11.0. The second kappa shape index (κ2) is 10.1. The van der Waals surface area contributed by atoms with Crippen molar-refractivity contribution in [1.29, 1.82) is 0 Å². The summed E-state index contributed by atoms with van der Waals surface area (Å²) in [5, 5.41) is 0. The van der Waals surface area contributed by atoms with Gasteiger partial charge in [0.05, 0.1) is 9.79 Å². The Morgan fingerprint density at radius 3 is 1.00 bits per heavy atom. The fourth-order valence-electron chi connectivity index (χ4n) is 1.42. The molecule has 134 valence electrons. The SMILES string of the molecule is Cc1ccc(S(=O)(=O)O)cc1.Cc1ccc(S(=O)(=O)O)cc1.SS. The van der Waals surface area contributed by atoms with Gasteiger partial charge in [0.2, 0.25) is 0 Å². The lowest BCUT2D eigenvalue weighted by Gasteiger charge is -1.95. The number of thiol groups is 2. The molecule has 0 aromatic heterocycles. The molecule has 0 spiro atoms. The smallest absolute Gasteiger partial charge is 0.282 e. The summed E-state index contributed by atoms with van der Waals surface area (Å²) in [6, 6.07) is 12.0. The number of hydrogen-bond donors (Lipinski definition) is 4. The Balaban J connectivity index is 0.000000400. The lowest BCUT2D eigenvalue weighted by molar-refractivity contribution is 0.481. The number of aryl methyl sites for hydroxylation is 2. The molecule has 2 rings (SSSR count). The predicted molar refractivity (Wildman–Crippen MR) is 100.0 cm³/mol. The topological polar surface area (TPSA) is 109 Å². The van der Waals surface area contributed by atoms with Crippen LogP contribution in [0.15, 0.2) is 58.3 Å². The second-order valence-corrected chi connectivity index (χ2v) is 7.42. The van der Waals surface area contributed by atoms with Gasteiger partial charge < -0.3 is 0 Å². The highest BCUT2D eigenvalue weighted by molar-refractivity contribution is 8.59. The molecule has 0 saturated carbocycles. The molecule has 0 aliphatic carbocycles. The minimum Gasteiger partial charge on any atom is -0.282 e. The molecule has 2 aromatic rings. The average Bonchev–Trinajstić information content (AvgIpc) is 2.49. The Kier molecular flexibility index (Phi) is 9.63. The van der Waals surface area contributed by atoms with Gasteiger partial charge in [-0.2, -0.15) is 16.8 Å². The maximum absolute atomic E-state index is 10.5. The van der Waals surface area contributed by atoms with E-state index in [1.807, 2.05) is 13.8 Å². The number of rotatable bonds is 2. The van der Waals surface area contributed by atoms with E-state index < -0.39 is 20.2 Å². The molecule has 0 bridgehead atoms. The highest BCUT2D eigenvalue weighted by Gasteiger charge is 2.07. The van der Waals surface area contributed by atoms with Crippen LogP contribution in [0.5, 0.6) is 0 Å². The zero-order valence-electron chi connectivity index (χ0n) is 12.9. The van der Waals surface area contributed by atoms with Gasteiger partial charge in [0.25, 0.3) is 20.2 Å². The molecule has 0 amide bonds. The fraction of sp³-hybridized carbons (Fsp3) is 0.143. The molecule has 0 heterocycles. The normalized spacial score (nSPS) is 10.8. The summed E-state index contributed by atoms with van der Waals surface area (Å²) in [4.78, 5) is -0.133. The minimum atomic E-state index is -4.02. The average molecular weight is 411 g/mol. The van der Waals surface area contributed by atoms with E-state index in [0.29, 0.717) is 0 Å². The van der Waals surface area contributed by atoms with Gasteiger partial charge in [0.1, 0.15) is 0 Å². The van der Waals surface area contributed by atoms with Crippen molar-refractivity contribution >= 4 is 43.6 Å². The largest absolute Gasteiger partial charge is 0.294 e. The van der Waals surface area contributed by atoms with Crippen LogP contribution in [-0.2, 0) is 20.2 Å². The molecule has 0 atom stereocenters. The van der Waals surface area contributed by atoms with Crippen LogP contribution in [0.3, 0.4) is 0 Å². The Labute approximate surface area is 152 Å². The molecule has 2 aromatic carbocycles. The van der Waals surface area contributed by atoms with Crippen molar-refractivity contribution in [3.8, 4) is 0 Å². The van der Waals surface area contributed by atoms with E-state index in [1.165, 1.54) is 24.3 Å². The van der Waals surface area contributed by atoms with Gasteiger partial charge in [-0.05, 0) is 38.1 Å². The van der Waals surface area contributed by atoms with Crippen LogP contribution in [0, 0.1) is 13.8 Å². The molecule has 2 N–H and O–H groups in total. The quantitative estimate of drug-likeness (QED) is 0.344. The van der Waals surface area contributed by atoms with E-state index in [-0.39, 0.29) is 9.79 Å². The molecule has 0 aliphatic heterocycles. The molecular weight excluding hydrogens is 392 g/mol. The zero-order valence-corrected chi connectivity index (χ0v) is 16.3. The number of benzene rings is 2. The zero-order chi connectivity index (χ0) is 19.0. The summed E-state index contributed by atoms with van der Waals surface area (Å²) in [5.74, 6) is 0. The lowest BCUT2D eigenvalue weighted by Crippen LogP contribution is -1.96. The highest BCUT2D eigenvalue weighted by atomic mass is 33.1. The van der Waals surface area contributed by atoms with Gasteiger partial charge >= 0.3 is 0 Å². The Hall–Kier alpha value is -1.04. The summed E-state index contributed by atoms with van der Waals surface area (Å²) in [5.41, 5.74) is 1.91. The number of hydrogen-bond acceptors (Lipinski definition) is 6. The fourth-order valence-corrected chi connectivity index (χ4v) is 2.38. The van der Waals surface area contributed by atoms with Gasteiger partial charge in [-0.3, -0.25) is 9.11 Å². The van der Waals surface area contributed by atoms with Crippen LogP contribution in [0.2, 0.25) is 0 Å². The van der Waals surface area contributed by atoms with Crippen molar-refractivity contribution in [2.24, 2.45) is 0 Å². The molecule has 0 aliphatic rings. The van der Waals surface area contributed by atoms with Crippen LogP contribution < -0.4 is 0 Å². The van der Waals surface area contributed by atoms with E-state index in [1.54, 1.807) is 24.3 Å². The third-order valence-corrected chi connectivity index (χ3v) is 4.37. The van der Waals surface area contributed by atoms with Crippen molar-refractivity contribution in [3.63, 3.8) is 0 Å². The Bertz CT molecular complexity index is 752. The summed E-state index contributed by atoms with van der Waals surface area (Å²) >= 11 is 6.44. The monoisotopic (exact) mass is 410 g/mol.